The number of ketones is 1. The molecule has 2 heteroatoms. The molecule has 0 aliphatic heterocycles. The van der Waals surface area contributed by atoms with Crippen LogP contribution in [0, 0.1) is 5.92 Å². The van der Waals surface area contributed by atoms with Gasteiger partial charge in [-0.25, -0.2) is 0 Å². The standard InChI is InChI=1S/C15H23NO/c1-3-5-13-6-8-14(9-7-13)15(17)10-12(4-2)11-16/h6-9,12H,3-5,10-11,16H2,1-2H3. The average molecular weight is 233 g/mol. The van der Waals surface area contributed by atoms with E-state index in [1.54, 1.807) is 0 Å². The van der Waals surface area contributed by atoms with Gasteiger partial charge < -0.3 is 5.73 Å². The molecule has 1 aromatic rings. The summed E-state index contributed by atoms with van der Waals surface area (Å²) in [5.41, 5.74) is 7.74. The molecule has 0 radical (unpaired) electrons. The van der Waals surface area contributed by atoms with Crippen LogP contribution in [0.25, 0.3) is 0 Å². The summed E-state index contributed by atoms with van der Waals surface area (Å²) in [7, 11) is 0. The lowest BCUT2D eigenvalue weighted by Crippen LogP contribution is -2.17. The highest BCUT2D eigenvalue weighted by Crippen LogP contribution is 2.13. The highest BCUT2D eigenvalue weighted by Gasteiger charge is 2.12. The molecule has 0 heterocycles. The van der Waals surface area contributed by atoms with Gasteiger partial charge in [-0.15, -0.1) is 0 Å². The van der Waals surface area contributed by atoms with Gasteiger partial charge in [-0.1, -0.05) is 51.0 Å². The summed E-state index contributed by atoms with van der Waals surface area (Å²) in [5.74, 6) is 0.531. The first-order chi connectivity index (χ1) is 8.21. The second kappa shape index (κ2) is 7.23. The Kier molecular flexibility index (Phi) is 5.92. The molecule has 0 saturated heterocycles. The average Bonchev–Trinajstić information content (AvgIpc) is 2.37. The smallest absolute Gasteiger partial charge is 0.163 e. The topological polar surface area (TPSA) is 43.1 Å². The van der Waals surface area contributed by atoms with Gasteiger partial charge in [0.05, 0.1) is 0 Å². The molecule has 0 bridgehead atoms. The van der Waals surface area contributed by atoms with Crippen LogP contribution in [0.15, 0.2) is 24.3 Å². The van der Waals surface area contributed by atoms with E-state index in [0.29, 0.717) is 18.9 Å². The Morgan fingerprint density at radius 2 is 1.88 bits per heavy atom. The van der Waals surface area contributed by atoms with Crippen LogP contribution in [0.3, 0.4) is 0 Å². The van der Waals surface area contributed by atoms with E-state index in [-0.39, 0.29) is 5.78 Å². The number of aryl methyl sites for hydroxylation is 1. The molecule has 2 nitrogen and oxygen atoms in total. The molecule has 1 aromatic carbocycles. The zero-order valence-electron chi connectivity index (χ0n) is 10.9. The maximum atomic E-state index is 12.0. The number of Topliss-reactive ketones (excluding diaryl/α,β-unsaturated/α-hetero) is 1. The van der Waals surface area contributed by atoms with Crippen LogP contribution in [0.2, 0.25) is 0 Å². The van der Waals surface area contributed by atoms with Crippen molar-refractivity contribution in [3.8, 4) is 0 Å². The van der Waals surface area contributed by atoms with Crippen LogP contribution in [0.1, 0.15) is 49.0 Å². The number of rotatable bonds is 7. The second-order valence-electron chi connectivity index (χ2n) is 4.58. The van der Waals surface area contributed by atoms with Crippen molar-refractivity contribution in [2.75, 3.05) is 6.54 Å². The van der Waals surface area contributed by atoms with Gasteiger partial charge in [0.2, 0.25) is 0 Å². The SMILES string of the molecule is CCCc1ccc(C(=O)CC(CC)CN)cc1. The number of hydrogen-bond donors (Lipinski definition) is 1. The highest BCUT2D eigenvalue weighted by atomic mass is 16.1. The van der Waals surface area contributed by atoms with Gasteiger partial charge in [-0.2, -0.15) is 0 Å². The van der Waals surface area contributed by atoms with Crippen molar-refractivity contribution in [1.82, 2.24) is 0 Å². The number of nitrogens with two attached hydrogens (primary N) is 1. The lowest BCUT2D eigenvalue weighted by atomic mass is 9.95. The molecule has 0 fully saturated rings. The Morgan fingerprint density at radius 1 is 1.24 bits per heavy atom. The minimum absolute atomic E-state index is 0.213. The molecule has 0 aliphatic carbocycles. The van der Waals surface area contributed by atoms with Crippen LogP contribution in [0.5, 0.6) is 0 Å². The molecule has 0 spiro atoms. The van der Waals surface area contributed by atoms with Gasteiger partial charge >= 0.3 is 0 Å². The fraction of sp³-hybridized carbons (Fsp3) is 0.533. The number of carbonyl (C=O) groups is 1. The molecule has 2 N–H and O–H groups in total. The van der Waals surface area contributed by atoms with E-state index in [9.17, 15) is 4.79 Å². The Hall–Kier alpha value is -1.15. The third-order valence-electron chi connectivity index (χ3n) is 3.20. The minimum Gasteiger partial charge on any atom is -0.330 e. The van der Waals surface area contributed by atoms with E-state index in [1.165, 1.54) is 5.56 Å². The molecular weight excluding hydrogens is 210 g/mol. The molecule has 1 rings (SSSR count). The van der Waals surface area contributed by atoms with Crippen LogP contribution in [0.4, 0.5) is 0 Å². The largest absolute Gasteiger partial charge is 0.330 e. The van der Waals surface area contributed by atoms with Crippen molar-refractivity contribution >= 4 is 5.78 Å². The maximum absolute atomic E-state index is 12.0. The summed E-state index contributed by atoms with van der Waals surface area (Å²) in [6.45, 7) is 4.83. The lowest BCUT2D eigenvalue weighted by Gasteiger charge is -2.11. The first-order valence-electron chi connectivity index (χ1n) is 6.53. The molecule has 0 saturated carbocycles. The van der Waals surface area contributed by atoms with Gasteiger partial charge in [-0.3, -0.25) is 4.79 Å². The first kappa shape index (κ1) is 13.9. The molecule has 0 amide bonds. The Balaban J connectivity index is 2.63. The van der Waals surface area contributed by atoms with Gasteiger partial charge in [0.15, 0.2) is 5.78 Å². The fourth-order valence-electron chi connectivity index (χ4n) is 1.92. The molecule has 94 valence electrons. The van der Waals surface area contributed by atoms with Gasteiger partial charge in [-0.05, 0) is 24.4 Å². The van der Waals surface area contributed by atoms with E-state index < -0.39 is 0 Å². The van der Waals surface area contributed by atoms with E-state index in [1.807, 2.05) is 12.1 Å². The van der Waals surface area contributed by atoms with Crippen LogP contribution >= 0.6 is 0 Å². The van der Waals surface area contributed by atoms with Crippen molar-refractivity contribution in [1.29, 1.82) is 0 Å². The third kappa shape index (κ3) is 4.31. The Bertz CT molecular complexity index is 338. The quantitative estimate of drug-likeness (QED) is 0.735. The van der Waals surface area contributed by atoms with E-state index in [2.05, 4.69) is 26.0 Å². The second-order valence-corrected chi connectivity index (χ2v) is 4.58. The predicted octanol–water partition coefficient (Wildman–Crippen LogP) is 3.20. The van der Waals surface area contributed by atoms with Gasteiger partial charge in [0, 0.05) is 12.0 Å². The maximum Gasteiger partial charge on any atom is 0.163 e. The highest BCUT2D eigenvalue weighted by molar-refractivity contribution is 5.96. The monoisotopic (exact) mass is 233 g/mol. The molecular formula is C15H23NO. The molecule has 17 heavy (non-hydrogen) atoms. The number of benzene rings is 1. The third-order valence-corrected chi connectivity index (χ3v) is 3.20. The predicted molar refractivity (Wildman–Crippen MR) is 72.2 cm³/mol. The number of hydrogen-bond acceptors (Lipinski definition) is 2. The van der Waals surface area contributed by atoms with Gasteiger partial charge in [0.25, 0.3) is 0 Å². The fourth-order valence-corrected chi connectivity index (χ4v) is 1.92. The van der Waals surface area contributed by atoms with Crippen molar-refractivity contribution in [3.05, 3.63) is 35.4 Å². The zero-order valence-corrected chi connectivity index (χ0v) is 10.9. The Morgan fingerprint density at radius 3 is 2.35 bits per heavy atom. The van der Waals surface area contributed by atoms with Crippen molar-refractivity contribution in [2.45, 2.75) is 39.5 Å². The van der Waals surface area contributed by atoms with E-state index >= 15 is 0 Å². The molecule has 1 atom stereocenters. The van der Waals surface area contributed by atoms with E-state index in [0.717, 1.165) is 24.8 Å². The summed E-state index contributed by atoms with van der Waals surface area (Å²) in [4.78, 5) is 12.0. The summed E-state index contributed by atoms with van der Waals surface area (Å²) in [5, 5.41) is 0. The minimum atomic E-state index is 0.213. The first-order valence-corrected chi connectivity index (χ1v) is 6.53. The van der Waals surface area contributed by atoms with Crippen molar-refractivity contribution in [3.63, 3.8) is 0 Å². The molecule has 1 unspecified atom stereocenters. The van der Waals surface area contributed by atoms with E-state index in [4.69, 9.17) is 5.73 Å². The van der Waals surface area contributed by atoms with Gasteiger partial charge in [0.1, 0.15) is 0 Å². The summed E-state index contributed by atoms with van der Waals surface area (Å²) in [6.07, 6.45) is 3.75. The van der Waals surface area contributed by atoms with Crippen LogP contribution in [-0.4, -0.2) is 12.3 Å². The van der Waals surface area contributed by atoms with Crippen molar-refractivity contribution in [2.24, 2.45) is 11.7 Å². The van der Waals surface area contributed by atoms with Crippen LogP contribution in [-0.2, 0) is 6.42 Å². The number of carbonyl (C=O) groups excluding carboxylic acids is 1. The molecule has 0 aliphatic rings. The Labute approximate surface area is 104 Å². The summed E-state index contributed by atoms with van der Waals surface area (Å²) in [6, 6.07) is 7.99. The van der Waals surface area contributed by atoms with Crippen molar-refractivity contribution < 1.29 is 4.79 Å². The summed E-state index contributed by atoms with van der Waals surface area (Å²) >= 11 is 0. The zero-order chi connectivity index (χ0) is 12.7. The lowest BCUT2D eigenvalue weighted by molar-refractivity contribution is 0.0961. The summed E-state index contributed by atoms with van der Waals surface area (Å²) < 4.78 is 0. The molecule has 0 aromatic heterocycles. The normalized spacial score (nSPS) is 12.4. The van der Waals surface area contributed by atoms with Crippen LogP contribution < -0.4 is 5.73 Å².